The Hall–Kier alpha value is -4.15. The normalized spacial score (nSPS) is 20.7. The molecule has 4 aromatic rings. The first-order chi connectivity index (χ1) is 17.4. The maximum atomic E-state index is 12.9. The number of piperidine rings is 1. The molecule has 36 heavy (non-hydrogen) atoms. The van der Waals surface area contributed by atoms with E-state index in [1.165, 1.54) is 6.07 Å². The molecule has 1 aliphatic heterocycles. The van der Waals surface area contributed by atoms with Gasteiger partial charge in [0.05, 0.1) is 29.2 Å². The number of hydrogen-bond acceptors (Lipinski definition) is 7. The van der Waals surface area contributed by atoms with Gasteiger partial charge in [0, 0.05) is 49.2 Å². The number of ether oxygens (including phenoxy) is 1. The number of imidazole rings is 1. The third-order valence-corrected chi connectivity index (χ3v) is 7.05. The lowest BCUT2D eigenvalue weighted by Crippen LogP contribution is -2.27. The summed E-state index contributed by atoms with van der Waals surface area (Å²) in [5.74, 6) is 0.1000. The Morgan fingerprint density at radius 3 is 2.56 bits per heavy atom. The van der Waals surface area contributed by atoms with Gasteiger partial charge >= 0.3 is 12.6 Å². The van der Waals surface area contributed by atoms with Crippen molar-refractivity contribution in [2.75, 3.05) is 18.0 Å². The zero-order chi connectivity index (χ0) is 25.0. The van der Waals surface area contributed by atoms with E-state index in [1.54, 1.807) is 36.8 Å². The zero-order valence-corrected chi connectivity index (χ0v) is 19.3. The third-order valence-electron chi connectivity index (χ3n) is 7.05. The number of alkyl halides is 2. The Labute approximate surface area is 204 Å². The van der Waals surface area contributed by atoms with E-state index >= 15 is 0 Å². The van der Waals surface area contributed by atoms with Gasteiger partial charge in [-0.25, -0.2) is 15.0 Å². The van der Waals surface area contributed by atoms with Crippen molar-refractivity contribution in [3.05, 3.63) is 66.0 Å². The molecule has 3 atom stereocenters. The van der Waals surface area contributed by atoms with Gasteiger partial charge in [0.25, 0.3) is 0 Å². The van der Waals surface area contributed by atoms with Crippen molar-refractivity contribution in [2.45, 2.75) is 20.0 Å². The van der Waals surface area contributed by atoms with Crippen molar-refractivity contribution < 1.29 is 23.4 Å². The zero-order valence-electron chi connectivity index (χ0n) is 19.3. The predicted octanol–water partition coefficient (Wildman–Crippen LogP) is 3.45. The first-order valence-corrected chi connectivity index (χ1v) is 11.6. The van der Waals surface area contributed by atoms with Gasteiger partial charge in [0.2, 0.25) is 5.95 Å². The summed E-state index contributed by atoms with van der Waals surface area (Å²) in [6.45, 7) is 0.267. The molecule has 0 radical (unpaired) electrons. The van der Waals surface area contributed by atoms with Crippen LogP contribution in [0.25, 0.3) is 16.9 Å². The van der Waals surface area contributed by atoms with Crippen molar-refractivity contribution in [1.82, 2.24) is 24.3 Å². The molecule has 1 saturated heterocycles. The van der Waals surface area contributed by atoms with E-state index in [0.29, 0.717) is 47.9 Å². The number of aromatic nitrogens is 5. The number of benzene rings is 1. The smallest absolute Gasteiger partial charge is 0.387 e. The van der Waals surface area contributed by atoms with Gasteiger partial charge in [-0.05, 0) is 24.8 Å². The molecule has 0 spiro atoms. The molecule has 0 amide bonds. The van der Waals surface area contributed by atoms with Crippen LogP contribution in [0.2, 0.25) is 0 Å². The van der Waals surface area contributed by atoms with E-state index in [-0.39, 0.29) is 23.5 Å². The Morgan fingerprint density at radius 1 is 1.14 bits per heavy atom. The van der Waals surface area contributed by atoms with Crippen LogP contribution in [0.4, 0.5) is 14.7 Å². The number of aliphatic carboxylic acids is 1. The van der Waals surface area contributed by atoms with Crippen LogP contribution in [-0.4, -0.2) is 55.1 Å². The van der Waals surface area contributed by atoms with Gasteiger partial charge in [0.15, 0.2) is 5.65 Å². The quantitative estimate of drug-likeness (QED) is 0.418. The molecule has 1 N–H and O–H groups in total. The summed E-state index contributed by atoms with van der Waals surface area (Å²) in [7, 11) is 0. The molecule has 6 rings (SSSR count). The van der Waals surface area contributed by atoms with Crippen LogP contribution in [0.5, 0.6) is 5.75 Å². The van der Waals surface area contributed by atoms with Crippen LogP contribution in [0.15, 0.2) is 49.1 Å². The van der Waals surface area contributed by atoms with Crippen molar-refractivity contribution in [1.29, 1.82) is 0 Å². The molecule has 1 aliphatic carbocycles. The average molecular weight is 492 g/mol. The van der Waals surface area contributed by atoms with Crippen molar-refractivity contribution in [3.8, 4) is 17.0 Å². The summed E-state index contributed by atoms with van der Waals surface area (Å²) >= 11 is 0. The number of carboxylic acids is 1. The van der Waals surface area contributed by atoms with Crippen molar-refractivity contribution in [3.63, 3.8) is 0 Å². The number of halogens is 2. The van der Waals surface area contributed by atoms with Crippen LogP contribution < -0.4 is 9.64 Å². The molecule has 0 bridgehead atoms. The van der Waals surface area contributed by atoms with Gasteiger partial charge in [-0.2, -0.15) is 8.78 Å². The lowest BCUT2D eigenvalue weighted by Gasteiger charge is -2.18. The molecule has 11 heteroatoms. The first-order valence-electron chi connectivity index (χ1n) is 11.6. The summed E-state index contributed by atoms with van der Waals surface area (Å²) in [5, 5.41) is 9.21. The number of rotatable bonds is 7. The Bertz CT molecular complexity index is 1450. The summed E-state index contributed by atoms with van der Waals surface area (Å²) in [6.07, 6.45) is 7.24. The largest absolute Gasteiger partial charge is 0.481 e. The summed E-state index contributed by atoms with van der Waals surface area (Å²) < 4.78 is 32.3. The molecule has 0 unspecified atom stereocenters. The fourth-order valence-electron chi connectivity index (χ4n) is 5.20. The molecule has 1 saturated carbocycles. The Balaban J connectivity index is 1.25. The average Bonchev–Trinajstić information content (AvgIpc) is 3.21. The number of para-hydroxylation sites is 1. The maximum absolute atomic E-state index is 12.9. The fourth-order valence-corrected chi connectivity index (χ4v) is 5.20. The van der Waals surface area contributed by atoms with Gasteiger partial charge in [0.1, 0.15) is 5.75 Å². The van der Waals surface area contributed by atoms with Gasteiger partial charge in [-0.15, -0.1) is 0 Å². The molecule has 3 aromatic heterocycles. The number of fused-ring (bicyclic) bond motifs is 2. The predicted molar refractivity (Wildman–Crippen MR) is 125 cm³/mol. The number of aryl methyl sites for hydroxylation is 1. The summed E-state index contributed by atoms with van der Waals surface area (Å²) in [5.41, 5.74) is 4.22. The SMILES string of the molecule is Cc1nc2cnc(-c3cnc(N4C[C@@H]5[C@H](C4)[C@@H]5C(=O)O)nc3)cn2c1Cc1ccccc1OC(F)F. The highest BCUT2D eigenvalue weighted by Gasteiger charge is 2.60. The van der Waals surface area contributed by atoms with Crippen molar-refractivity contribution in [2.24, 2.45) is 17.8 Å². The molecule has 184 valence electrons. The van der Waals surface area contributed by atoms with E-state index in [9.17, 15) is 18.7 Å². The first kappa shape index (κ1) is 22.3. The number of nitrogens with zero attached hydrogens (tertiary/aromatic N) is 6. The second-order valence-corrected chi connectivity index (χ2v) is 9.18. The minimum absolute atomic E-state index is 0.134. The highest BCUT2D eigenvalue weighted by molar-refractivity contribution is 5.75. The van der Waals surface area contributed by atoms with E-state index in [2.05, 4.69) is 19.9 Å². The second kappa shape index (κ2) is 8.51. The van der Waals surface area contributed by atoms with E-state index in [4.69, 9.17) is 4.74 Å². The number of carbonyl (C=O) groups is 1. The molecule has 1 aromatic carbocycles. The molecule has 4 heterocycles. The number of hydrogen-bond donors (Lipinski definition) is 1. The van der Waals surface area contributed by atoms with Crippen LogP contribution in [0.3, 0.4) is 0 Å². The Morgan fingerprint density at radius 2 is 1.86 bits per heavy atom. The van der Waals surface area contributed by atoms with E-state index in [0.717, 1.165) is 11.4 Å². The van der Waals surface area contributed by atoms with Gasteiger partial charge in [-0.3, -0.25) is 14.2 Å². The highest BCUT2D eigenvalue weighted by Crippen LogP contribution is 2.52. The third kappa shape index (κ3) is 3.90. The highest BCUT2D eigenvalue weighted by atomic mass is 19.3. The lowest BCUT2D eigenvalue weighted by atomic mass is 10.1. The molecular weight excluding hydrogens is 470 g/mol. The van der Waals surface area contributed by atoms with Crippen LogP contribution in [0, 0.1) is 24.7 Å². The lowest BCUT2D eigenvalue weighted by molar-refractivity contribution is -0.139. The maximum Gasteiger partial charge on any atom is 0.387 e. The monoisotopic (exact) mass is 492 g/mol. The summed E-state index contributed by atoms with van der Waals surface area (Å²) in [6, 6.07) is 6.72. The second-order valence-electron chi connectivity index (χ2n) is 9.18. The molecule has 2 aliphatic rings. The Kier molecular flexibility index (Phi) is 5.27. The topological polar surface area (TPSA) is 106 Å². The molecule has 9 nitrogen and oxygen atoms in total. The van der Waals surface area contributed by atoms with Gasteiger partial charge < -0.3 is 14.7 Å². The minimum atomic E-state index is -2.90. The standard InChI is InChI=1S/C25H22F2N6O3/c1-13-19(6-14-4-2-3-5-20(14)36-24(26)27)33-12-18(28-9-21(33)31-13)15-7-29-25(30-8-15)32-10-16-17(11-32)22(16)23(34)35/h2-5,7-9,12,16-17,22,24H,6,10-11H2,1H3,(H,34,35)/t16-,17+,22-. The number of carboxylic acid groups (broad SMARTS) is 1. The van der Waals surface area contributed by atoms with Crippen LogP contribution in [0.1, 0.15) is 17.0 Å². The molecule has 2 fully saturated rings. The minimum Gasteiger partial charge on any atom is -0.481 e. The van der Waals surface area contributed by atoms with Crippen LogP contribution in [-0.2, 0) is 11.2 Å². The van der Waals surface area contributed by atoms with Gasteiger partial charge in [-0.1, -0.05) is 18.2 Å². The number of anilines is 1. The van der Waals surface area contributed by atoms with E-state index in [1.807, 2.05) is 22.4 Å². The summed E-state index contributed by atoms with van der Waals surface area (Å²) in [4.78, 5) is 31.3. The molecular formula is C25H22F2N6O3. The van der Waals surface area contributed by atoms with Crippen molar-refractivity contribution >= 4 is 17.6 Å². The van der Waals surface area contributed by atoms with E-state index < -0.39 is 12.6 Å². The fraction of sp³-hybridized carbons (Fsp3) is 0.320. The van der Waals surface area contributed by atoms with Crippen LogP contribution >= 0.6 is 0 Å².